The number of halogens is 1. The fraction of sp³-hybridized carbons (Fsp3) is 0.333. The molecule has 2 aromatic heterocycles. The van der Waals surface area contributed by atoms with Gasteiger partial charge in [0.25, 0.3) is 5.76 Å². The molecule has 0 fully saturated rings. The van der Waals surface area contributed by atoms with E-state index in [2.05, 4.69) is 10.2 Å². The number of rotatable bonds is 9. The maximum absolute atomic E-state index is 13.1. The van der Waals surface area contributed by atoms with Crippen LogP contribution in [-0.2, 0) is 11.2 Å². The van der Waals surface area contributed by atoms with Crippen LogP contribution >= 0.6 is 11.3 Å². The summed E-state index contributed by atoms with van der Waals surface area (Å²) in [6.45, 7) is 4.05. The van der Waals surface area contributed by atoms with E-state index in [1.54, 1.807) is 19.1 Å². The van der Waals surface area contributed by atoms with Crippen LogP contribution in [0.2, 0.25) is 0 Å². The smallest absolute Gasteiger partial charge is 0.378 e. The number of hydrogen-bond donors (Lipinski definition) is 0. The molecule has 0 radical (unpaired) electrons. The van der Waals surface area contributed by atoms with E-state index < -0.39 is 11.4 Å². The summed E-state index contributed by atoms with van der Waals surface area (Å²) >= 11 is 1.21. The van der Waals surface area contributed by atoms with Crippen LogP contribution in [0.3, 0.4) is 0 Å². The zero-order valence-corrected chi connectivity index (χ0v) is 17.5. The summed E-state index contributed by atoms with van der Waals surface area (Å²) in [5.41, 5.74) is 0.509. The Morgan fingerprint density at radius 2 is 1.97 bits per heavy atom. The largest absolute Gasteiger partial charge is 0.486 e. The molecular formula is C21H21FN2O5S. The highest BCUT2D eigenvalue weighted by molar-refractivity contribution is 7.14. The highest BCUT2D eigenvalue weighted by Gasteiger charge is 2.24. The van der Waals surface area contributed by atoms with Crippen molar-refractivity contribution in [2.75, 3.05) is 13.2 Å². The Bertz CT molecular complexity index is 1060. The second-order valence-corrected chi connectivity index (χ2v) is 7.43. The van der Waals surface area contributed by atoms with Gasteiger partial charge in [-0.25, -0.2) is 9.18 Å². The molecule has 1 aromatic carbocycles. The van der Waals surface area contributed by atoms with Crippen molar-refractivity contribution in [2.45, 2.75) is 33.1 Å². The number of benzene rings is 1. The van der Waals surface area contributed by atoms with E-state index in [0.717, 1.165) is 12.0 Å². The average Bonchev–Trinajstić information content (AvgIpc) is 3.19. The zero-order valence-electron chi connectivity index (χ0n) is 16.6. The molecule has 0 aliphatic heterocycles. The molecule has 0 bridgehead atoms. The van der Waals surface area contributed by atoms with Crippen molar-refractivity contribution in [3.63, 3.8) is 0 Å². The fourth-order valence-corrected chi connectivity index (χ4v) is 3.47. The Morgan fingerprint density at radius 1 is 1.20 bits per heavy atom. The second kappa shape index (κ2) is 10.1. The summed E-state index contributed by atoms with van der Waals surface area (Å²) in [4.78, 5) is 25.1. The molecule has 0 unspecified atom stereocenters. The van der Waals surface area contributed by atoms with Gasteiger partial charge in [-0.3, -0.25) is 4.79 Å². The molecular weight excluding hydrogens is 411 g/mol. The lowest BCUT2D eigenvalue weighted by Gasteiger charge is -2.09. The topological polar surface area (TPSA) is 91.5 Å². The van der Waals surface area contributed by atoms with Gasteiger partial charge in [-0.15, -0.1) is 10.2 Å². The van der Waals surface area contributed by atoms with Crippen molar-refractivity contribution >= 4 is 17.3 Å². The Balaban J connectivity index is 1.90. The standard InChI is InChI=1S/C21H21FN2O5S/c1-3-5-10-28-18-17(25)15(12-29-19(18)21(26)27-4-2)20-24-23-16(30-20)11-13-6-8-14(22)9-7-13/h6-9,12H,3-5,10-11H2,1-2H3. The number of hydrogen-bond acceptors (Lipinski definition) is 8. The Kier molecular flexibility index (Phi) is 7.29. The maximum atomic E-state index is 13.1. The molecule has 0 N–H and O–H groups in total. The quantitative estimate of drug-likeness (QED) is 0.369. The van der Waals surface area contributed by atoms with Crippen LogP contribution in [0.5, 0.6) is 5.75 Å². The number of unbranched alkanes of at least 4 members (excludes halogenated alkanes) is 1. The van der Waals surface area contributed by atoms with Crippen LogP contribution in [0, 0.1) is 5.82 Å². The summed E-state index contributed by atoms with van der Waals surface area (Å²) in [5.74, 6) is -1.53. The van der Waals surface area contributed by atoms with Gasteiger partial charge in [0.1, 0.15) is 17.1 Å². The monoisotopic (exact) mass is 432 g/mol. The van der Waals surface area contributed by atoms with E-state index in [-0.39, 0.29) is 36.1 Å². The van der Waals surface area contributed by atoms with Crippen LogP contribution in [0.1, 0.15) is 47.8 Å². The molecule has 2 heterocycles. The summed E-state index contributed by atoms with van der Waals surface area (Å²) in [7, 11) is 0. The number of nitrogens with zero attached hydrogens (tertiary/aromatic N) is 2. The van der Waals surface area contributed by atoms with Crippen LogP contribution in [0.15, 0.2) is 39.7 Å². The first-order valence-corrected chi connectivity index (χ1v) is 10.4. The Hall–Kier alpha value is -3.07. The van der Waals surface area contributed by atoms with E-state index >= 15 is 0 Å². The number of ether oxygens (including phenoxy) is 2. The van der Waals surface area contributed by atoms with E-state index in [9.17, 15) is 14.0 Å². The van der Waals surface area contributed by atoms with E-state index in [0.29, 0.717) is 22.9 Å². The van der Waals surface area contributed by atoms with Crippen molar-refractivity contribution in [3.05, 3.63) is 62.9 Å². The lowest BCUT2D eigenvalue weighted by molar-refractivity contribution is 0.0479. The molecule has 3 rings (SSSR count). The molecule has 0 atom stereocenters. The fourth-order valence-electron chi connectivity index (χ4n) is 2.60. The van der Waals surface area contributed by atoms with E-state index in [4.69, 9.17) is 13.9 Å². The number of esters is 1. The Labute approximate surface area is 176 Å². The third kappa shape index (κ3) is 5.10. The highest BCUT2D eigenvalue weighted by Crippen LogP contribution is 2.26. The average molecular weight is 432 g/mol. The minimum absolute atomic E-state index is 0.141. The summed E-state index contributed by atoms with van der Waals surface area (Å²) in [6, 6.07) is 6.08. The molecule has 0 aliphatic rings. The zero-order chi connectivity index (χ0) is 21.5. The lowest BCUT2D eigenvalue weighted by atomic mass is 10.2. The summed E-state index contributed by atoms with van der Waals surface area (Å²) in [6.07, 6.45) is 3.20. The van der Waals surface area contributed by atoms with Gasteiger partial charge in [0.15, 0.2) is 5.01 Å². The second-order valence-electron chi connectivity index (χ2n) is 6.36. The maximum Gasteiger partial charge on any atom is 0.378 e. The SMILES string of the molecule is CCCCOc1c(C(=O)OCC)occ(-c2nnc(Cc3ccc(F)cc3)s2)c1=O. The van der Waals surface area contributed by atoms with Crippen LogP contribution < -0.4 is 10.2 Å². The first-order chi connectivity index (χ1) is 14.5. The van der Waals surface area contributed by atoms with Gasteiger partial charge in [-0.1, -0.05) is 36.8 Å². The molecule has 158 valence electrons. The van der Waals surface area contributed by atoms with Crippen LogP contribution in [-0.4, -0.2) is 29.4 Å². The molecule has 0 saturated carbocycles. The first-order valence-electron chi connectivity index (χ1n) is 9.56. The minimum atomic E-state index is -0.762. The molecule has 0 saturated heterocycles. The van der Waals surface area contributed by atoms with Gasteiger partial charge in [-0.2, -0.15) is 0 Å². The normalized spacial score (nSPS) is 10.8. The van der Waals surface area contributed by atoms with Gasteiger partial charge in [0, 0.05) is 6.42 Å². The van der Waals surface area contributed by atoms with Crippen molar-refractivity contribution in [1.82, 2.24) is 10.2 Å². The van der Waals surface area contributed by atoms with Crippen molar-refractivity contribution in [1.29, 1.82) is 0 Å². The molecule has 30 heavy (non-hydrogen) atoms. The molecule has 0 amide bonds. The summed E-state index contributed by atoms with van der Waals surface area (Å²) < 4.78 is 29.0. The number of aromatic nitrogens is 2. The van der Waals surface area contributed by atoms with E-state index in [1.165, 1.54) is 29.7 Å². The van der Waals surface area contributed by atoms with Crippen molar-refractivity contribution in [3.8, 4) is 16.3 Å². The van der Waals surface area contributed by atoms with Gasteiger partial charge >= 0.3 is 5.97 Å². The van der Waals surface area contributed by atoms with Gasteiger partial charge in [0.05, 0.1) is 18.8 Å². The van der Waals surface area contributed by atoms with Gasteiger partial charge in [0.2, 0.25) is 11.2 Å². The molecule has 0 spiro atoms. The van der Waals surface area contributed by atoms with Crippen molar-refractivity contribution in [2.24, 2.45) is 0 Å². The molecule has 7 nitrogen and oxygen atoms in total. The highest BCUT2D eigenvalue weighted by atomic mass is 32.1. The van der Waals surface area contributed by atoms with Gasteiger partial charge < -0.3 is 13.9 Å². The molecule has 3 aromatic rings. The number of carbonyl (C=O) groups is 1. The van der Waals surface area contributed by atoms with E-state index in [1.807, 2.05) is 6.92 Å². The first kappa shape index (κ1) is 21.6. The molecule has 9 heteroatoms. The minimum Gasteiger partial charge on any atom is -0.486 e. The van der Waals surface area contributed by atoms with Gasteiger partial charge in [-0.05, 0) is 31.0 Å². The van der Waals surface area contributed by atoms with Crippen LogP contribution in [0.25, 0.3) is 10.6 Å². The number of carbonyl (C=O) groups excluding carboxylic acids is 1. The van der Waals surface area contributed by atoms with Crippen LogP contribution in [0.4, 0.5) is 4.39 Å². The predicted molar refractivity (Wildman–Crippen MR) is 109 cm³/mol. The predicted octanol–water partition coefficient (Wildman–Crippen LogP) is 4.24. The summed E-state index contributed by atoms with van der Waals surface area (Å²) in [5, 5.41) is 9.17. The Morgan fingerprint density at radius 3 is 2.67 bits per heavy atom. The third-order valence-electron chi connectivity index (χ3n) is 4.12. The lowest BCUT2D eigenvalue weighted by Crippen LogP contribution is -2.17. The van der Waals surface area contributed by atoms with Crippen molar-refractivity contribution < 1.29 is 23.1 Å². The third-order valence-corrected chi connectivity index (χ3v) is 5.08. The molecule has 0 aliphatic carbocycles.